The maximum atomic E-state index is 4.98. The van der Waals surface area contributed by atoms with Crippen LogP contribution < -0.4 is 0 Å². The standard InChI is InChI=1S/2C26H36N2.2C10H8N2.6ClH.2Mo/c2*1-17(2)21-11-9-12-22(18(3)4)25(21)27-15-16-28-26-23(19(5)6)13-10-14-24(26)20(7)8;2*1-3-7-11-9(5-1)10-6-2-4-8-12-10;;;;;;;;/h2*9-20H,1-8H3;2*1-8H;6*1H;;/q;;;;;;;;;;+2;+3/p-5. The largest absolute Gasteiger partial charge is 0.255 e. The zero-order valence-corrected chi connectivity index (χ0v) is 62.4. The van der Waals surface area contributed by atoms with Gasteiger partial charge in [0.25, 0.3) is 0 Å². The van der Waals surface area contributed by atoms with Gasteiger partial charge in [0.05, 0.1) is 45.5 Å². The van der Waals surface area contributed by atoms with Crippen molar-refractivity contribution in [3.8, 4) is 22.8 Å². The summed E-state index contributed by atoms with van der Waals surface area (Å²) in [6.45, 7) is 35.6. The Morgan fingerprint density at radius 2 is 0.443 bits per heavy atom. The molecule has 4 heterocycles. The zero-order chi connectivity index (χ0) is 64.4. The van der Waals surface area contributed by atoms with E-state index in [0.717, 1.165) is 45.5 Å². The summed E-state index contributed by atoms with van der Waals surface area (Å²) in [5.74, 6) is 3.53. The van der Waals surface area contributed by atoms with Gasteiger partial charge < -0.3 is 0 Å². The number of hydrogen-bond donors (Lipinski definition) is 0. The molecule has 0 unspecified atom stereocenters. The van der Waals surface area contributed by atoms with Crippen molar-refractivity contribution in [1.82, 2.24) is 19.9 Å². The molecule has 4 aromatic carbocycles. The smallest absolute Gasteiger partial charge is 0.0886 e. The van der Waals surface area contributed by atoms with E-state index < -0.39 is 30.7 Å². The number of nitrogens with zero attached hydrogens (tertiary/aromatic N) is 8. The number of hydrogen-bond acceptors (Lipinski definition) is 8. The monoisotopic (exact) mass is 1470 g/mol. The Bertz CT molecular complexity index is 2780. The minimum atomic E-state index is -1.94. The van der Waals surface area contributed by atoms with Gasteiger partial charge >= 0.3 is 77.8 Å². The van der Waals surface area contributed by atoms with Crippen molar-refractivity contribution >= 4 is 107 Å². The van der Waals surface area contributed by atoms with E-state index in [1.54, 1.807) is 24.8 Å². The van der Waals surface area contributed by atoms with Crippen molar-refractivity contribution in [2.75, 3.05) is 0 Å². The van der Waals surface area contributed by atoms with Crippen LogP contribution in [0.15, 0.2) is 190 Å². The Balaban J connectivity index is 0.000000406. The van der Waals surface area contributed by atoms with Gasteiger partial charge in [-0.1, -0.05) is 208 Å². The summed E-state index contributed by atoms with van der Waals surface area (Å²) >= 11 is -2.53. The molecule has 471 valence electrons. The first kappa shape index (κ1) is 79.4. The van der Waals surface area contributed by atoms with Gasteiger partial charge in [-0.3, -0.25) is 39.9 Å². The molecule has 0 radical (unpaired) electrons. The van der Waals surface area contributed by atoms with E-state index >= 15 is 0 Å². The van der Waals surface area contributed by atoms with E-state index in [1.165, 1.54) is 44.5 Å². The summed E-state index contributed by atoms with van der Waals surface area (Å²) in [5.41, 5.74) is 18.4. The molecule has 0 atom stereocenters. The third-order valence-corrected chi connectivity index (χ3v) is 13.5. The fourth-order valence-electron chi connectivity index (χ4n) is 9.13. The van der Waals surface area contributed by atoms with E-state index in [9.17, 15) is 0 Å². The van der Waals surface area contributed by atoms with Crippen molar-refractivity contribution in [2.45, 2.75) is 158 Å². The maximum absolute atomic E-state index is 4.98. The van der Waals surface area contributed by atoms with E-state index in [-0.39, 0.29) is 12.4 Å². The van der Waals surface area contributed by atoms with E-state index in [0.29, 0.717) is 47.3 Å². The zero-order valence-electron chi connectivity index (χ0n) is 53.8. The van der Waals surface area contributed by atoms with Gasteiger partial charge in [0.15, 0.2) is 0 Å². The van der Waals surface area contributed by atoms with E-state index in [4.69, 9.17) is 67.1 Å². The van der Waals surface area contributed by atoms with Gasteiger partial charge in [0.2, 0.25) is 0 Å². The van der Waals surface area contributed by atoms with E-state index in [1.807, 2.05) is 97.7 Å². The van der Waals surface area contributed by atoms with Crippen molar-refractivity contribution in [3.05, 3.63) is 215 Å². The van der Waals surface area contributed by atoms with Crippen molar-refractivity contribution in [3.63, 3.8) is 0 Å². The van der Waals surface area contributed by atoms with E-state index in [2.05, 4.69) is 204 Å². The van der Waals surface area contributed by atoms with Crippen LogP contribution in [0.1, 0.15) is 203 Å². The van der Waals surface area contributed by atoms with Crippen LogP contribution >= 0.6 is 59.5 Å². The predicted molar refractivity (Wildman–Crippen MR) is 383 cm³/mol. The molecule has 0 saturated carbocycles. The minimum absolute atomic E-state index is 0. The molecule has 0 amide bonds. The second-order valence-corrected chi connectivity index (χ2v) is 34.8. The summed E-state index contributed by atoms with van der Waals surface area (Å²) in [5, 5.41) is 0. The SMILES string of the molecule is CC(C)c1cccc(C(C)C)c1N=CC=Nc1c(C(C)C)cccc1C(C)C.CC(C)c1cccc(C(C)C)c1N=CC=Nc1c(C(C)C)cccc1C(C)C.Cl.[Cl][Mo]([Cl])[Cl].[Cl][Mo][Cl].c1ccc(-c2ccccn2)nc1.c1ccc(-c2ccccn2)nc1. The van der Waals surface area contributed by atoms with Gasteiger partial charge in [-0.25, -0.2) is 0 Å². The molecule has 8 rings (SSSR count). The van der Waals surface area contributed by atoms with Crippen LogP contribution in [0, 0.1) is 0 Å². The average Bonchev–Trinajstić information content (AvgIpc) is 2.92. The molecule has 0 fully saturated rings. The summed E-state index contributed by atoms with van der Waals surface area (Å²) in [4.78, 5) is 36.1. The van der Waals surface area contributed by atoms with Crippen LogP contribution in [0.2, 0.25) is 0 Å². The normalized spacial score (nSPS) is 11.2. The Morgan fingerprint density at radius 3 is 0.557 bits per heavy atom. The molecule has 0 N–H and O–H groups in total. The number of aromatic nitrogens is 4. The fourth-order valence-corrected chi connectivity index (χ4v) is 9.13. The first-order valence-electron chi connectivity index (χ1n) is 29.5. The second kappa shape index (κ2) is 43.9. The molecule has 0 spiro atoms. The summed E-state index contributed by atoms with van der Waals surface area (Å²) in [7, 11) is 24.7. The minimum Gasteiger partial charge on any atom is -0.255 e. The molecule has 0 aliphatic carbocycles. The molecule has 0 aliphatic rings. The number of para-hydroxylation sites is 4. The third kappa shape index (κ3) is 27.8. The molecule has 16 heteroatoms. The van der Waals surface area contributed by atoms with Crippen molar-refractivity contribution in [2.24, 2.45) is 20.0 Å². The summed E-state index contributed by atoms with van der Waals surface area (Å²) in [6, 6.07) is 49.3. The average molecular weight is 1470 g/mol. The van der Waals surface area contributed by atoms with Gasteiger partial charge in [0.1, 0.15) is 0 Å². The Labute approximate surface area is 568 Å². The Kier molecular flexibility index (Phi) is 39.6. The Hall–Kier alpha value is -4.72. The third-order valence-electron chi connectivity index (χ3n) is 13.5. The number of pyridine rings is 4. The van der Waals surface area contributed by atoms with Gasteiger partial charge in [-0.15, -0.1) is 12.4 Å². The molecule has 8 aromatic rings. The van der Waals surface area contributed by atoms with Gasteiger partial charge in [-0.2, -0.15) is 0 Å². The van der Waals surface area contributed by atoms with Gasteiger partial charge in [-0.05, 0) is 140 Å². The first-order chi connectivity index (χ1) is 41.5. The predicted octanol–water partition coefficient (Wildman–Crippen LogP) is 24.7. The first-order valence-corrected chi connectivity index (χ1v) is 42.4. The summed E-state index contributed by atoms with van der Waals surface area (Å²) in [6.07, 6.45) is 14.5. The fraction of sp³-hybridized carbons (Fsp3) is 0.333. The number of benzene rings is 4. The van der Waals surface area contributed by atoms with Crippen LogP contribution in [-0.4, -0.2) is 44.8 Å². The van der Waals surface area contributed by atoms with Crippen molar-refractivity contribution < 1.29 is 30.7 Å². The molecule has 0 aliphatic heterocycles. The molecule has 0 bridgehead atoms. The topological polar surface area (TPSA) is 101 Å². The number of rotatable bonds is 16. The second-order valence-electron chi connectivity index (χ2n) is 22.6. The van der Waals surface area contributed by atoms with Crippen LogP contribution in [-0.2, 0) is 30.7 Å². The molecule has 4 aromatic heterocycles. The van der Waals surface area contributed by atoms with Crippen LogP contribution in [0.4, 0.5) is 22.7 Å². The maximum Gasteiger partial charge on any atom is 0.0886 e. The number of aliphatic imine (C=N–C) groups is 4. The summed E-state index contributed by atoms with van der Waals surface area (Å²) < 4.78 is 0. The molecule has 88 heavy (non-hydrogen) atoms. The van der Waals surface area contributed by atoms with Crippen molar-refractivity contribution in [1.29, 1.82) is 0 Å². The quantitative estimate of drug-likeness (QED) is 0.0710. The molecule has 0 saturated heterocycles. The molecule has 8 nitrogen and oxygen atoms in total. The van der Waals surface area contributed by atoms with Crippen LogP contribution in [0.3, 0.4) is 0 Å². The van der Waals surface area contributed by atoms with Crippen LogP contribution in [0.5, 0.6) is 0 Å². The Morgan fingerprint density at radius 1 is 0.295 bits per heavy atom. The van der Waals surface area contributed by atoms with Crippen LogP contribution in [0.25, 0.3) is 22.8 Å². The number of halogens is 6. The molecular formula is C72H89Cl6Mo2N8. The molecular weight excluding hydrogens is 1380 g/mol. The van der Waals surface area contributed by atoms with Gasteiger partial charge in [0, 0.05) is 49.6 Å².